The van der Waals surface area contributed by atoms with Crippen LogP contribution in [0.5, 0.6) is 5.75 Å². The third-order valence-corrected chi connectivity index (χ3v) is 4.14. The Labute approximate surface area is 131 Å². The standard InChI is InChI=1S/C18H22N2O2/c1-11-8-16-15(9-17(11)21-3)18(12(2)10-20-16)22-14-6-4-13(19)5-7-14/h4,6-10,12-13,18H,5,19H2,1-3H3. The fraction of sp³-hybridized carbons (Fsp3) is 0.389. The molecule has 1 heterocycles. The van der Waals surface area contributed by atoms with Gasteiger partial charge in [0.2, 0.25) is 0 Å². The first-order valence-corrected chi connectivity index (χ1v) is 7.62. The first-order valence-electron chi connectivity index (χ1n) is 7.62. The van der Waals surface area contributed by atoms with Crippen LogP contribution in [0.4, 0.5) is 5.69 Å². The second-order valence-corrected chi connectivity index (χ2v) is 5.92. The number of allylic oxidation sites excluding steroid dienone is 1. The molecule has 116 valence electrons. The Morgan fingerprint density at radius 2 is 2.14 bits per heavy atom. The number of aryl methyl sites for hydroxylation is 1. The Kier molecular flexibility index (Phi) is 4.03. The van der Waals surface area contributed by atoms with E-state index < -0.39 is 0 Å². The van der Waals surface area contributed by atoms with Crippen molar-refractivity contribution in [3.8, 4) is 5.75 Å². The molecule has 3 unspecified atom stereocenters. The van der Waals surface area contributed by atoms with Crippen molar-refractivity contribution in [2.75, 3.05) is 7.11 Å². The lowest BCUT2D eigenvalue weighted by molar-refractivity contribution is 0.1000. The number of benzene rings is 1. The van der Waals surface area contributed by atoms with Gasteiger partial charge in [-0.3, -0.25) is 4.99 Å². The topological polar surface area (TPSA) is 56.8 Å². The number of aliphatic imine (C=N–C) groups is 1. The molecular weight excluding hydrogens is 276 g/mol. The lowest BCUT2D eigenvalue weighted by Gasteiger charge is -2.29. The molecule has 0 saturated heterocycles. The van der Waals surface area contributed by atoms with Crippen LogP contribution in [0, 0.1) is 12.8 Å². The first kappa shape index (κ1) is 14.9. The third-order valence-electron chi connectivity index (χ3n) is 4.14. The summed E-state index contributed by atoms with van der Waals surface area (Å²) in [6.07, 6.45) is 8.69. The maximum Gasteiger partial charge on any atom is 0.133 e. The van der Waals surface area contributed by atoms with Crippen molar-refractivity contribution in [3.63, 3.8) is 0 Å². The molecule has 0 amide bonds. The van der Waals surface area contributed by atoms with Gasteiger partial charge < -0.3 is 15.2 Å². The molecule has 3 atom stereocenters. The smallest absolute Gasteiger partial charge is 0.133 e. The number of rotatable bonds is 3. The number of methoxy groups -OCH3 is 1. The summed E-state index contributed by atoms with van der Waals surface area (Å²) in [6.45, 7) is 4.14. The van der Waals surface area contributed by atoms with Crippen molar-refractivity contribution in [2.45, 2.75) is 32.4 Å². The molecule has 0 saturated carbocycles. The Balaban J connectivity index is 1.92. The molecule has 0 aromatic heterocycles. The minimum atomic E-state index is -0.0628. The van der Waals surface area contributed by atoms with E-state index in [1.807, 2.05) is 43.5 Å². The van der Waals surface area contributed by atoms with E-state index in [4.69, 9.17) is 15.2 Å². The van der Waals surface area contributed by atoms with Gasteiger partial charge in [-0.1, -0.05) is 13.0 Å². The molecule has 0 bridgehead atoms. The molecule has 4 nitrogen and oxygen atoms in total. The molecule has 0 radical (unpaired) electrons. The number of hydrogen-bond acceptors (Lipinski definition) is 4. The second kappa shape index (κ2) is 5.97. The average Bonchev–Trinajstić information content (AvgIpc) is 2.52. The van der Waals surface area contributed by atoms with Crippen LogP contribution in [-0.2, 0) is 4.74 Å². The number of ether oxygens (including phenoxy) is 2. The normalized spacial score (nSPS) is 26.4. The highest BCUT2D eigenvalue weighted by atomic mass is 16.5. The van der Waals surface area contributed by atoms with Gasteiger partial charge in [0.1, 0.15) is 17.6 Å². The molecule has 3 rings (SSSR count). The van der Waals surface area contributed by atoms with Crippen LogP contribution >= 0.6 is 0 Å². The number of nitrogens with two attached hydrogens (primary N) is 1. The molecule has 1 aromatic carbocycles. The van der Waals surface area contributed by atoms with Gasteiger partial charge in [0.25, 0.3) is 0 Å². The zero-order valence-electron chi connectivity index (χ0n) is 13.2. The lowest BCUT2D eigenvalue weighted by Crippen LogP contribution is -2.21. The summed E-state index contributed by atoms with van der Waals surface area (Å²) in [4.78, 5) is 4.55. The summed E-state index contributed by atoms with van der Waals surface area (Å²) in [7, 11) is 1.69. The highest BCUT2D eigenvalue weighted by molar-refractivity contribution is 5.73. The molecule has 2 aliphatic rings. The highest BCUT2D eigenvalue weighted by Gasteiger charge is 2.28. The first-order chi connectivity index (χ1) is 10.6. The van der Waals surface area contributed by atoms with E-state index in [1.54, 1.807) is 7.11 Å². The van der Waals surface area contributed by atoms with Gasteiger partial charge in [-0.25, -0.2) is 0 Å². The Morgan fingerprint density at radius 3 is 2.82 bits per heavy atom. The molecule has 1 aliphatic carbocycles. The fourth-order valence-electron chi connectivity index (χ4n) is 2.83. The minimum absolute atomic E-state index is 0.0628. The van der Waals surface area contributed by atoms with Gasteiger partial charge in [0.05, 0.1) is 12.8 Å². The van der Waals surface area contributed by atoms with Crippen LogP contribution in [0.2, 0.25) is 0 Å². The number of hydrogen-bond donors (Lipinski definition) is 1. The van der Waals surface area contributed by atoms with E-state index in [-0.39, 0.29) is 18.1 Å². The van der Waals surface area contributed by atoms with Crippen LogP contribution in [0.25, 0.3) is 0 Å². The summed E-state index contributed by atoms with van der Waals surface area (Å²) >= 11 is 0. The van der Waals surface area contributed by atoms with Crippen molar-refractivity contribution in [2.24, 2.45) is 16.6 Å². The summed E-state index contributed by atoms with van der Waals surface area (Å²) in [5.41, 5.74) is 8.97. The number of nitrogens with zero attached hydrogens (tertiary/aromatic N) is 1. The third kappa shape index (κ3) is 2.79. The zero-order chi connectivity index (χ0) is 15.7. The summed E-state index contributed by atoms with van der Waals surface area (Å²) < 4.78 is 11.7. The molecule has 22 heavy (non-hydrogen) atoms. The van der Waals surface area contributed by atoms with Gasteiger partial charge in [-0.05, 0) is 43.2 Å². The van der Waals surface area contributed by atoms with E-state index in [0.29, 0.717) is 0 Å². The largest absolute Gasteiger partial charge is 0.496 e. The summed E-state index contributed by atoms with van der Waals surface area (Å²) in [5.74, 6) is 1.94. The highest BCUT2D eigenvalue weighted by Crippen LogP contribution is 2.41. The van der Waals surface area contributed by atoms with Crippen LogP contribution in [0.15, 0.2) is 41.1 Å². The van der Waals surface area contributed by atoms with Gasteiger partial charge >= 0.3 is 0 Å². The van der Waals surface area contributed by atoms with Crippen LogP contribution in [0.1, 0.15) is 30.6 Å². The van der Waals surface area contributed by atoms with E-state index >= 15 is 0 Å². The maximum absolute atomic E-state index is 6.23. The van der Waals surface area contributed by atoms with E-state index in [1.165, 1.54) is 0 Å². The monoisotopic (exact) mass is 298 g/mol. The van der Waals surface area contributed by atoms with E-state index in [9.17, 15) is 0 Å². The Bertz CT molecular complexity index is 661. The average molecular weight is 298 g/mol. The fourth-order valence-corrected chi connectivity index (χ4v) is 2.83. The van der Waals surface area contributed by atoms with Crippen molar-refractivity contribution < 1.29 is 9.47 Å². The predicted octanol–water partition coefficient (Wildman–Crippen LogP) is 3.58. The van der Waals surface area contributed by atoms with E-state index in [0.717, 1.165) is 34.7 Å². The Morgan fingerprint density at radius 1 is 1.32 bits per heavy atom. The SMILES string of the molecule is COc1cc2c(cc1C)N=CC(C)C2OC1=CCC(N)C=C1. The molecule has 2 N–H and O–H groups in total. The molecule has 0 fully saturated rings. The lowest BCUT2D eigenvalue weighted by atomic mass is 9.92. The molecule has 1 aliphatic heterocycles. The Hall–Kier alpha value is -2.07. The van der Waals surface area contributed by atoms with Crippen molar-refractivity contribution in [1.82, 2.24) is 0 Å². The summed E-state index contributed by atoms with van der Waals surface area (Å²) in [5, 5.41) is 0. The van der Waals surface area contributed by atoms with Gasteiger partial charge in [0.15, 0.2) is 0 Å². The van der Waals surface area contributed by atoms with Crippen LogP contribution < -0.4 is 10.5 Å². The van der Waals surface area contributed by atoms with Gasteiger partial charge in [0, 0.05) is 23.7 Å². The zero-order valence-corrected chi connectivity index (χ0v) is 13.2. The molecule has 0 spiro atoms. The quantitative estimate of drug-likeness (QED) is 0.928. The van der Waals surface area contributed by atoms with Crippen molar-refractivity contribution in [3.05, 3.63) is 47.2 Å². The molecular formula is C18H22N2O2. The molecule has 1 aromatic rings. The van der Waals surface area contributed by atoms with Crippen molar-refractivity contribution >= 4 is 11.9 Å². The maximum atomic E-state index is 6.23. The van der Waals surface area contributed by atoms with Crippen LogP contribution in [0.3, 0.4) is 0 Å². The van der Waals surface area contributed by atoms with Crippen molar-refractivity contribution in [1.29, 1.82) is 0 Å². The van der Waals surface area contributed by atoms with Gasteiger partial charge in [-0.2, -0.15) is 0 Å². The minimum Gasteiger partial charge on any atom is -0.496 e. The number of fused-ring (bicyclic) bond motifs is 1. The van der Waals surface area contributed by atoms with E-state index in [2.05, 4.69) is 11.9 Å². The molecule has 4 heteroatoms. The second-order valence-electron chi connectivity index (χ2n) is 5.92. The van der Waals surface area contributed by atoms with Gasteiger partial charge in [-0.15, -0.1) is 0 Å². The van der Waals surface area contributed by atoms with Crippen LogP contribution in [-0.4, -0.2) is 19.4 Å². The summed E-state index contributed by atoms with van der Waals surface area (Å²) in [6, 6.07) is 4.18. The predicted molar refractivity (Wildman–Crippen MR) is 88.7 cm³/mol.